The smallest absolute Gasteiger partial charge is 0.306 e. The number of unbranched alkanes of at least 4 members (excludes halogenated alkanes) is 45. The average molecular weight is 1130 g/mol. The molecule has 0 aromatic rings. The Kier molecular flexibility index (Phi) is 67.1. The number of allylic oxidation sites excluding steroid dienone is 10. The van der Waals surface area contributed by atoms with Crippen molar-refractivity contribution < 1.29 is 28.6 Å². The van der Waals surface area contributed by atoms with E-state index < -0.39 is 6.10 Å². The molecule has 0 heterocycles. The van der Waals surface area contributed by atoms with Gasteiger partial charge in [0, 0.05) is 19.3 Å². The van der Waals surface area contributed by atoms with Crippen molar-refractivity contribution in [2.75, 3.05) is 13.2 Å². The molecule has 0 N–H and O–H groups in total. The Hall–Kier alpha value is -2.89. The molecule has 472 valence electrons. The zero-order valence-electron chi connectivity index (χ0n) is 54.3. The SMILES string of the molecule is CC/C=C\C/C=C\C/C=C\C/C=C\C/C=C\CCCCCCCC(=O)OC(COC(=O)CCCCCCCCCCCCCCC)COC(=O)CCCCCCCCCCCCCCCCCCCCCCCCCCCCCCC. The normalized spacial score (nSPS) is 12.4. The van der Waals surface area contributed by atoms with Gasteiger partial charge in [-0.1, -0.05) is 358 Å². The van der Waals surface area contributed by atoms with E-state index in [1.54, 1.807) is 0 Å². The van der Waals surface area contributed by atoms with Crippen molar-refractivity contribution in [3.63, 3.8) is 0 Å². The van der Waals surface area contributed by atoms with Gasteiger partial charge in [0.15, 0.2) is 6.10 Å². The number of carbonyl (C=O) groups is 3. The summed E-state index contributed by atoms with van der Waals surface area (Å²) in [6.45, 7) is 6.57. The third-order valence-electron chi connectivity index (χ3n) is 16.0. The minimum Gasteiger partial charge on any atom is -0.462 e. The van der Waals surface area contributed by atoms with Crippen molar-refractivity contribution in [2.24, 2.45) is 0 Å². The molecule has 6 heteroatoms. The van der Waals surface area contributed by atoms with Crippen LogP contribution in [-0.4, -0.2) is 37.2 Å². The Bertz CT molecular complexity index is 1440. The van der Waals surface area contributed by atoms with Crippen molar-refractivity contribution in [1.82, 2.24) is 0 Å². The van der Waals surface area contributed by atoms with E-state index in [2.05, 4.69) is 81.5 Å². The van der Waals surface area contributed by atoms with Crippen LogP contribution < -0.4 is 0 Å². The fraction of sp³-hybridized carbons (Fsp3) is 0.827. The Morgan fingerprint density at radius 1 is 0.259 bits per heavy atom. The van der Waals surface area contributed by atoms with E-state index in [0.717, 1.165) is 109 Å². The minimum atomic E-state index is -0.783. The Balaban J connectivity index is 4.22. The number of carbonyl (C=O) groups excluding carboxylic acids is 3. The largest absolute Gasteiger partial charge is 0.462 e. The van der Waals surface area contributed by atoms with E-state index in [1.807, 2.05) is 0 Å². The number of hydrogen-bond donors (Lipinski definition) is 0. The number of ether oxygens (including phenoxy) is 3. The zero-order chi connectivity index (χ0) is 58.5. The Morgan fingerprint density at radius 2 is 0.481 bits per heavy atom. The molecule has 81 heavy (non-hydrogen) atoms. The Labute approximate surface area is 504 Å². The highest BCUT2D eigenvalue weighted by Gasteiger charge is 2.19. The van der Waals surface area contributed by atoms with Crippen molar-refractivity contribution in [3.8, 4) is 0 Å². The molecule has 0 fully saturated rings. The summed E-state index contributed by atoms with van der Waals surface area (Å²) in [5.41, 5.74) is 0. The molecule has 0 radical (unpaired) electrons. The average Bonchev–Trinajstić information content (AvgIpc) is 3.46. The van der Waals surface area contributed by atoms with E-state index in [4.69, 9.17) is 14.2 Å². The quantitative estimate of drug-likeness (QED) is 0.0261. The molecule has 0 aliphatic rings. The highest BCUT2D eigenvalue weighted by Crippen LogP contribution is 2.19. The van der Waals surface area contributed by atoms with Gasteiger partial charge in [-0.3, -0.25) is 14.4 Å². The van der Waals surface area contributed by atoms with Crippen LogP contribution in [0.5, 0.6) is 0 Å². The van der Waals surface area contributed by atoms with Gasteiger partial charge in [0.2, 0.25) is 0 Å². The van der Waals surface area contributed by atoms with Crippen molar-refractivity contribution in [1.29, 1.82) is 0 Å². The third-order valence-corrected chi connectivity index (χ3v) is 16.0. The van der Waals surface area contributed by atoms with Crippen molar-refractivity contribution in [2.45, 2.75) is 386 Å². The van der Waals surface area contributed by atoms with Crippen LogP contribution in [0, 0.1) is 0 Å². The predicted molar refractivity (Wildman–Crippen MR) is 353 cm³/mol. The van der Waals surface area contributed by atoms with Gasteiger partial charge >= 0.3 is 17.9 Å². The second-order valence-corrected chi connectivity index (χ2v) is 24.1. The lowest BCUT2D eigenvalue weighted by Gasteiger charge is -2.18. The lowest BCUT2D eigenvalue weighted by atomic mass is 10.0. The molecular weight excluding hydrogens is 997 g/mol. The van der Waals surface area contributed by atoms with Crippen LogP contribution in [0.25, 0.3) is 0 Å². The topological polar surface area (TPSA) is 78.9 Å². The predicted octanol–water partition coefficient (Wildman–Crippen LogP) is 24.7. The lowest BCUT2D eigenvalue weighted by molar-refractivity contribution is -0.167. The maximum Gasteiger partial charge on any atom is 0.306 e. The second kappa shape index (κ2) is 69.6. The lowest BCUT2D eigenvalue weighted by Crippen LogP contribution is -2.30. The van der Waals surface area contributed by atoms with Gasteiger partial charge in [0.1, 0.15) is 13.2 Å². The van der Waals surface area contributed by atoms with E-state index in [0.29, 0.717) is 19.3 Å². The summed E-state index contributed by atoms with van der Waals surface area (Å²) < 4.78 is 17.0. The second-order valence-electron chi connectivity index (χ2n) is 24.1. The van der Waals surface area contributed by atoms with Crippen LogP contribution in [-0.2, 0) is 28.6 Å². The minimum absolute atomic E-state index is 0.0774. The van der Waals surface area contributed by atoms with Crippen LogP contribution >= 0.6 is 0 Å². The molecule has 0 amide bonds. The summed E-state index contributed by atoms with van der Waals surface area (Å²) >= 11 is 0. The molecule has 0 saturated heterocycles. The zero-order valence-corrected chi connectivity index (χ0v) is 54.3. The molecule has 0 bridgehead atoms. The van der Waals surface area contributed by atoms with Gasteiger partial charge in [0.25, 0.3) is 0 Å². The molecule has 6 nitrogen and oxygen atoms in total. The van der Waals surface area contributed by atoms with E-state index in [9.17, 15) is 14.4 Å². The molecule has 0 aliphatic carbocycles. The monoisotopic (exact) mass is 1130 g/mol. The van der Waals surface area contributed by atoms with Gasteiger partial charge in [-0.15, -0.1) is 0 Å². The first-order valence-corrected chi connectivity index (χ1v) is 35.8. The Morgan fingerprint density at radius 3 is 0.753 bits per heavy atom. The molecule has 0 spiro atoms. The van der Waals surface area contributed by atoms with Gasteiger partial charge in [-0.2, -0.15) is 0 Å². The molecule has 1 atom stereocenters. The van der Waals surface area contributed by atoms with E-state index in [-0.39, 0.29) is 31.1 Å². The molecule has 0 aliphatic heterocycles. The standard InChI is InChI=1S/C75H136O6/c1-4-7-10-13-16-19-22-25-27-29-31-33-34-35-36-37-38-39-40-42-43-45-47-50-53-56-59-62-65-68-74(77)80-71-72(70-79-73(76)67-64-61-58-55-52-49-24-21-18-15-12-9-6-3)81-75(78)69-66-63-60-57-54-51-48-46-44-41-32-30-28-26-23-20-17-14-11-8-5-2/h8,11,17,20,26,28,32,41,46,48,72H,4-7,9-10,12-16,18-19,21-25,27,29-31,33-40,42-45,47,49-71H2,1-3H3/b11-8-,20-17-,28-26-,41-32-,48-46-. The van der Waals surface area contributed by atoms with Gasteiger partial charge in [0.05, 0.1) is 0 Å². The van der Waals surface area contributed by atoms with Crippen LogP contribution in [0.2, 0.25) is 0 Å². The van der Waals surface area contributed by atoms with Gasteiger partial charge in [-0.05, 0) is 64.2 Å². The maximum atomic E-state index is 12.9. The summed E-state index contributed by atoms with van der Waals surface area (Å²) in [5.74, 6) is -0.872. The molecule has 0 rings (SSSR count). The highest BCUT2D eigenvalue weighted by molar-refractivity contribution is 5.71. The summed E-state index contributed by atoms with van der Waals surface area (Å²) in [7, 11) is 0. The van der Waals surface area contributed by atoms with E-state index >= 15 is 0 Å². The number of rotatable bonds is 66. The first-order valence-electron chi connectivity index (χ1n) is 35.8. The molecule has 0 aromatic heterocycles. The third kappa shape index (κ3) is 67.8. The van der Waals surface area contributed by atoms with Crippen LogP contribution in [0.1, 0.15) is 380 Å². The fourth-order valence-corrected chi connectivity index (χ4v) is 10.7. The first kappa shape index (κ1) is 78.1. The molecule has 0 saturated carbocycles. The molecule has 1 unspecified atom stereocenters. The number of esters is 3. The van der Waals surface area contributed by atoms with E-state index in [1.165, 1.54) is 231 Å². The van der Waals surface area contributed by atoms with Crippen LogP contribution in [0.3, 0.4) is 0 Å². The summed E-state index contributed by atoms with van der Waals surface area (Å²) in [6.07, 6.45) is 89.7. The summed E-state index contributed by atoms with van der Waals surface area (Å²) in [5, 5.41) is 0. The number of hydrogen-bond acceptors (Lipinski definition) is 6. The van der Waals surface area contributed by atoms with Crippen molar-refractivity contribution in [3.05, 3.63) is 60.8 Å². The summed E-state index contributed by atoms with van der Waals surface area (Å²) in [6, 6.07) is 0. The first-order chi connectivity index (χ1) is 40.0. The van der Waals surface area contributed by atoms with Crippen LogP contribution in [0.15, 0.2) is 60.8 Å². The maximum absolute atomic E-state index is 12.9. The van der Waals surface area contributed by atoms with Crippen LogP contribution in [0.4, 0.5) is 0 Å². The molecular formula is C75H136O6. The van der Waals surface area contributed by atoms with Gasteiger partial charge < -0.3 is 14.2 Å². The molecule has 0 aromatic carbocycles. The summed E-state index contributed by atoms with van der Waals surface area (Å²) in [4.78, 5) is 38.4. The van der Waals surface area contributed by atoms with Crippen molar-refractivity contribution >= 4 is 17.9 Å². The fourth-order valence-electron chi connectivity index (χ4n) is 10.7. The highest BCUT2D eigenvalue weighted by atomic mass is 16.6. The van der Waals surface area contributed by atoms with Gasteiger partial charge in [-0.25, -0.2) is 0 Å².